The summed E-state index contributed by atoms with van der Waals surface area (Å²) in [6.07, 6.45) is 4.64. The molecule has 2 aliphatic rings. The molecule has 0 aromatic heterocycles. The number of benzene rings is 1. The van der Waals surface area contributed by atoms with Crippen LogP contribution in [0.5, 0.6) is 5.75 Å². The Balaban J connectivity index is 1.54. The van der Waals surface area contributed by atoms with Crippen molar-refractivity contribution in [1.29, 1.82) is 0 Å². The fraction of sp³-hybridized carbons (Fsp3) is 0.650. The summed E-state index contributed by atoms with van der Waals surface area (Å²) >= 11 is 0. The Labute approximate surface area is 145 Å². The number of aryl methyl sites for hydroxylation is 1. The van der Waals surface area contributed by atoms with Crippen LogP contribution in [-0.4, -0.2) is 42.6 Å². The van der Waals surface area contributed by atoms with Crippen molar-refractivity contribution in [1.82, 2.24) is 10.2 Å². The second-order valence-corrected chi connectivity index (χ2v) is 7.73. The van der Waals surface area contributed by atoms with Crippen LogP contribution in [0.3, 0.4) is 0 Å². The molecular weight excluding hydrogens is 300 g/mol. The van der Waals surface area contributed by atoms with Gasteiger partial charge in [0, 0.05) is 25.2 Å². The van der Waals surface area contributed by atoms with E-state index >= 15 is 0 Å². The van der Waals surface area contributed by atoms with Gasteiger partial charge in [0.25, 0.3) is 5.91 Å². The predicted octanol–water partition coefficient (Wildman–Crippen LogP) is 3.24. The number of fused-ring (bicyclic) bond motifs is 2. The van der Waals surface area contributed by atoms with E-state index in [-0.39, 0.29) is 12.5 Å². The number of carbonyl (C=O) groups is 1. The summed E-state index contributed by atoms with van der Waals surface area (Å²) in [6, 6.07) is 7.65. The fourth-order valence-electron chi connectivity index (χ4n) is 4.18. The van der Waals surface area contributed by atoms with Gasteiger partial charge in [-0.3, -0.25) is 4.79 Å². The topological polar surface area (TPSA) is 41.6 Å². The molecule has 0 spiro atoms. The Morgan fingerprint density at radius 2 is 1.96 bits per heavy atom. The third kappa shape index (κ3) is 3.75. The smallest absolute Gasteiger partial charge is 0.260 e. The third-order valence-electron chi connectivity index (χ3n) is 5.61. The van der Waals surface area contributed by atoms with Crippen molar-refractivity contribution >= 4 is 5.91 Å². The largest absolute Gasteiger partial charge is 0.484 e. The number of amides is 1. The summed E-state index contributed by atoms with van der Waals surface area (Å²) in [5, 5.41) is 3.62. The highest BCUT2D eigenvalue weighted by atomic mass is 16.5. The fourth-order valence-corrected chi connectivity index (χ4v) is 4.18. The minimum atomic E-state index is 0.0758. The predicted molar refractivity (Wildman–Crippen MR) is 96.5 cm³/mol. The van der Waals surface area contributed by atoms with E-state index in [4.69, 9.17) is 4.74 Å². The van der Waals surface area contributed by atoms with Crippen LogP contribution in [0.25, 0.3) is 0 Å². The van der Waals surface area contributed by atoms with Gasteiger partial charge in [-0.05, 0) is 61.8 Å². The van der Waals surface area contributed by atoms with Crippen LogP contribution in [0.4, 0.5) is 0 Å². The minimum absolute atomic E-state index is 0.0758. The van der Waals surface area contributed by atoms with E-state index in [1.807, 2.05) is 24.1 Å². The van der Waals surface area contributed by atoms with E-state index in [9.17, 15) is 4.79 Å². The number of hydrogen-bond donors (Lipinski definition) is 1. The van der Waals surface area contributed by atoms with Crippen molar-refractivity contribution < 1.29 is 9.53 Å². The highest BCUT2D eigenvalue weighted by molar-refractivity contribution is 5.77. The highest BCUT2D eigenvalue weighted by Crippen LogP contribution is 2.29. The van der Waals surface area contributed by atoms with Gasteiger partial charge in [0.15, 0.2) is 6.61 Å². The molecular formula is C20H30N2O2. The Morgan fingerprint density at radius 1 is 1.29 bits per heavy atom. The van der Waals surface area contributed by atoms with Gasteiger partial charge < -0.3 is 15.0 Å². The van der Waals surface area contributed by atoms with E-state index in [0.717, 1.165) is 18.6 Å². The molecule has 2 heterocycles. The molecule has 1 aromatic carbocycles. The Bertz CT molecular complexity index is 587. The molecule has 3 rings (SSSR count). The zero-order chi connectivity index (χ0) is 17.3. The maximum Gasteiger partial charge on any atom is 0.260 e. The lowest BCUT2D eigenvalue weighted by Gasteiger charge is -2.35. The maximum atomic E-state index is 12.5. The average molecular weight is 330 g/mol. The molecule has 1 amide bonds. The van der Waals surface area contributed by atoms with Gasteiger partial charge in [-0.25, -0.2) is 0 Å². The molecule has 0 radical (unpaired) electrons. The van der Waals surface area contributed by atoms with E-state index in [1.54, 1.807) is 0 Å². The molecule has 2 fully saturated rings. The summed E-state index contributed by atoms with van der Waals surface area (Å²) in [7, 11) is 1.92. The molecule has 2 aliphatic heterocycles. The first-order valence-corrected chi connectivity index (χ1v) is 9.19. The molecule has 2 saturated heterocycles. The molecule has 1 N–H and O–H groups in total. The van der Waals surface area contributed by atoms with Crippen molar-refractivity contribution in [2.24, 2.45) is 0 Å². The van der Waals surface area contributed by atoms with Crippen molar-refractivity contribution in [3.63, 3.8) is 0 Å². The number of carbonyl (C=O) groups excluding carboxylic acids is 1. The number of nitrogens with one attached hydrogen (secondary N) is 1. The van der Waals surface area contributed by atoms with Crippen molar-refractivity contribution in [2.45, 2.75) is 70.5 Å². The van der Waals surface area contributed by atoms with Crippen LogP contribution in [0.1, 0.15) is 56.6 Å². The third-order valence-corrected chi connectivity index (χ3v) is 5.61. The van der Waals surface area contributed by atoms with Crippen LogP contribution < -0.4 is 10.1 Å². The first-order chi connectivity index (χ1) is 11.4. The Kier molecular flexibility index (Phi) is 5.14. The van der Waals surface area contributed by atoms with E-state index in [1.165, 1.54) is 24.0 Å². The Morgan fingerprint density at radius 3 is 2.54 bits per heavy atom. The zero-order valence-corrected chi connectivity index (χ0v) is 15.3. The lowest BCUT2D eigenvalue weighted by molar-refractivity contribution is -0.134. The molecule has 2 bridgehead atoms. The van der Waals surface area contributed by atoms with E-state index in [2.05, 4.69) is 32.2 Å². The van der Waals surface area contributed by atoms with Crippen LogP contribution in [0.2, 0.25) is 0 Å². The number of ether oxygens (including phenoxy) is 1. The number of rotatable bonds is 5. The van der Waals surface area contributed by atoms with Crippen LogP contribution >= 0.6 is 0 Å². The standard InChI is InChI=1S/C20H30N2O2/c1-13(2)19-8-7-18(9-14(19)3)24-12-20(23)22(4)17-10-15-5-6-16(11-17)21-15/h7-9,13,15-17,21H,5-6,10-12H2,1-4H3. The molecule has 0 aliphatic carbocycles. The summed E-state index contributed by atoms with van der Waals surface area (Å²) in [5.41, 5.74) is 2.55. The van der Waals surface area contributed by atoms with Crippen molar-refractivity contribution in [2.75, 3.05) is 13.7 Å². The normalized spacial score (nSPS) is 25.8. The summed E-state index contributed by atoms with van der Waals surface area (Å²) in [4.78, 5) is 14.4. The van der Waals surface area contributed by atoms with Crippen molar-refractivity contribution in [3.8, 4) is 5.75 Å². The van der Waals surface area contributed by atoms with Gasteiger partial charge >= 0.3 is 0 Å². The first-order valence-electron chi connectivity index (χ1n) is 9.19. The first kappa shape index (κ1) is 17.3. The number of hydrogen-bond acceptors (Lipinski definition) is 3. The summed E-state index contributed by atoms with van der Waals surface area (Å²) < 4.78 is 5.76. The van der Waals surface area contributed by atoms with E-state index < -0.39 is 0 Å². The van der Waals surface area contributed by atoms with Crippen LogP contribution in [0, 0.1) is 6.92 Å². The number of piperidine rings is 1. The van der Waals surface area contributed by atoms with Gasteiger partial charge in [0.05, 0.1) is 0 Å². The molecule has 4 heteroatoms. The number of nitrogens with zero attached hydrogens (tertiary/aromatic N) is 1. The Hall–Kier alpha value is -1.55. The lowest BCUT2D eigenvalue weighted by atomic mass is 9.98. The molecule has 24 heavy (non-hydrogen) atoms. The van der Waals surface area contributed by atoms with Gasteiger partial charge in [-0.1, -0.05) is 19.9 Å². The maximum absolute atomic E-state index is 12.5. The molecule has 2 unspecified atom stereocenters. The minimum Gasteiger partial charge on any atom is -0.484 e. The molecule has 2 atom stereocenters. The monoisotopic (exact) mass is 330 g/mol. The second kappa shape index (κ2) is 7.14. The number of likely N-dealkylation sites (N-methyl/N-ethyl adjacent to an activating group) is 1. The quantitative estimate of drug-likeness (QED) is 0.901. The summed E-state index contributed by atoms with van der Waals surface area (Å²) in [6.45, 7) is 6.60. The van der Waals surface area contributed by atoms with Gasteiger partial charge in [0.1, 0.15) is 5.75 Å². The second-order valence-electron chi connectivity index (χ2n) is 7.73. The molecule has 4 nitrogen and oxygen atoms in total. The molecule has 132 valence electrons. The summed E-state index contributed by atoms with van der Waals surface area (Å²) in [5.74, 6) is 1.36. The van der Waals surface area contributed by atoms with E-state index in [0.29, 0.717) is 24.0 Å². The van der Waals surface area contributed by atoms with Gasteiger partial charge in [0.2, 0.25) is 0 Å². The van der Waals surface area contributed by atoms with Gasteiger partial charge in [-0.15, -0.1) is 0 Å². The van der Waals surface area contributed by atoms with Crippen LogP contribution in [-0.2, 0) is 4.79 Å². The van der Waals surface area contributed by atoms with Gasteiger partial charge in [-0.2, -0.15) is 0 Å². The van der Waals surface area contributed by atoms with Crippen molar-refractivity contribution in [3.05, 3.63) is 29.3 Å². The highest BCUT2D eigenvalue weighted by Gasteiger charge is 2.36. The SMILES string of the molecule is Cc1cc(OCC(=O)N(C)C2CC3CCC(C2)N3)ccc1C(C)C. The molecule has 1 aromatic rings. The lowest BCUT2D eigenvalue weighted by Crippen LogP contribution is -2.49. The average Bonchev–Trinajstić information content (AvgIpc) is 2.89. The zero-order valence-electron chi connectivity index (χ0n) is 15.3. The van der Waals surface area contributed by atoms with Crippen LogP contribution in [0.15, 0.2) is 18.2 Å². The molecule has 0 saturated carbocycles.